The molecule has 0 aromatic heterocycles. The molecule has 1 fully saturated rings. The maximum Gasteiger partial charge on any atom is 0.337 e. The molecule has 0 bridgehead atoms. The molecule has 3 atom stereocenters. The van der Waals surface area contributed by atoms with Gasteiger partial charge in [0.15, 0.2) is 0 Å². The van der Waals surface area contributed by atoms with Crippen molar-refractivity contribution >= 4 is 35.1 Å². The summed E-state index contributed by atoms with van der Waals surface area (Å²) < 4.78 is 4.72. The molecule has 0 spiro atoms. The Hall–Kier alpha value is -1.82. The quantitative estimate of drug-likeness (QED) is 0.703. The molecule has 0 saturated heterocycles. The molecular weight excluding hydrogens is 387 g/mol. The average molecular weight is 409 g/mol. The summed E-state index contributed by atoms with van der Waals surface area (Å²) in [5.74, 6) is -0.488. The van der Waals surface area contributed by atoms with Crippen LogP contribution in [0.2, 0.25) is 0 Å². The summed E-state index contributed by atoms with van der Waals surface area (Å²) in [6.45, 7) is 0. The normalized spacial score (nSPS) is 21.6. The van der Waals surface area contributed by atoms with E-state index >= 15 is 0 Å². The minimum Gasteiger partial charge on any atom is -0.465 e. The van der Waals surface area contributed by atoms with E-state index in [1.165, 1.54) is 7.11 Å². The van der Waals surface area contributed by atoms with Crippen molar-refractivity contribution in [2.24, 2.45) is 17.6 Å². The first-order valence-corrected chi connectivity index (χ1v) is 9.62. The number of carbonyl (C=O) groups is 2. The predicted molar refractivity (Wildman–Crippen MR) is 105 cm³/mol. The standard InChI is InChI=1S/C20H22Cl2N2O3/c1-27-20(26)13-6-4-12(5-7-13)18(11-2-3-11)24-19(25)17(23)14-8-15(21)10-16(22)9-14/h4-8,10-11,14,17-18H,2-3,9,23H2,1H3,(H,24,25). The Morgan fingerprint density at radius 3 is 2.44 bits per heavy atom. The van der Waals surface area contributed by atoms with Gasteiger partial charge in [-0.05, 0) is 49.0 Å². The fourth-order valence-electron chi connectivity index (χ4n) is 3.27. The van der Waals surface area contributed by atoms with Crippen LogP contribution in [0.25, 0.3) is 0 Å². The molecule has 3 unspecified atom stereocenters. The molecule has 0 aliphatic heterocycles. The number of rotatable bonds is 6. The first kappa shape index (κ1) is 19.9. The van der Waals surface area contributed by atoms with E-state index in [-0.39, 0.29) is 23.8 Å². The minimum atomic E-state index is -0.739. The summed E-state index contributed by atoms with van der Waals surface area (Å²) in [5.41, 5.74) is 7.60. The lowest BCUT2D eigenvalue weighted by molar-refractivity contribution is -0.124. The number of ether oxygens (including phenoxy) is 1. The molecule has 1 aromatic carbocycles. The molecule has 1 saturated carbocycles. The lowest BCUT2D eigenvalue weighted by atomic mass is 9.91. The molecule has 27 heavy (non-hydrogen) atoms. The maximum absolute atomic E-state index is 12.7. The summed E-state index contributed by atoms with van der Waals surface area (Å²) >= 11 is 12.1. The van der Waals surface area contributed by atoms with Gasteiger partial charge in [0.1, 0.15) is 0 Å². The highest BCUT2D eigenvalue weighted by atomic mass is 35.5. The van der Waals surface area contributed by atoms with Gasteiger partial charge in [-0.25, -0.2) is 4.79 Å². The molecule has 144 valence electrons. The highest BCUT2D eigenvalue weighted by molar-refractivity contribution is 6.35. The number of allylic oxidation sites excluding steroid dienone is 3. The molecule has 5 nitrogen and oxygen atoms in total. The minimum absolute atomic E-state index is 0.135. The van der Waals surface area contributed by atoms with E-state index in [0.717, 1.165) is 18.4 Å². The van der Waals surface area contributed by atoms with Gasteiger partial charge in [-0.2, -0.15) is 0 Å². The van der Waals surface area contributed by atoms with Gasteiger partial charge in [0.05, 0.1) is 24.8 Å². The van der Waals surface area contributed by atoms with Crippen molar-refractivity contribution in [2.75, 3.05) is 7.11 Å². The Bertz CT molecular complexity index is 785. The molecule has 1 amide bonds. The number of benzene rings is 1. The predicted octanol–water partition coefficient (Wildman–Crippen LogP) is 3.63. The number of amides is 1. The second-order valence-corrected chi connectivity index (χ2v) is 7.90. The van der Waals surface area contributed by atoms with Crippen molar-refractivity contribution in [3.8, 4) is 0 Å². The van der Waals surface area contributed by atoms with E-state index in [2.05, 4.69) is 5.32 Å². The van der Waals surface area contributed by atoms with E-state index in [1.54, 1.807) is 24.3 Å². The van der Waals surface area contributed by atoms with Crippen LogP contribution in [0.15, 0.2) is 46.5 Å². The number of hydrogen-bond acceptors (Lipinski definition) is 4. The molecule has 0 heterocycles. The smallest absolute Gasteiger partial charge is 0.337 e. The molecule has 3 rings (SSSR count). The van der Waals surface area contributed by atoms with Gasteiger partial charge in [0.25, 0.3) is 0 Å². The largest absolute Gasteiger partial charge is 0.465 e. The van der Waals surface area contributed by atoms with Crippen LogP contribution in [0.5, 0.6) is 0 Å². The van der Waals surface area contributed by atoms with Gasteiger partial charge in [0.2, 0.25) is 5.91 Å². The van der Waals surface area contributed by atoms with Crippen LogP contribution >= 0.6 is 23.2 Å². The van der Waals surface area contributed by atoms with E-state index in [4.69, 9.17) is 33.7 Å². The zero-order valence-electron chi connectivity index (χ0n) is 15.0. The third kappa shape index (κ3) is 4.92. The van der Waals surface area contributed by atoms with Crippen molar-refractivity contribution in [3.05, 3.63) is 57.6 Å². The van der Waals surface area contributed by atoms with E-state index in [9.17, 15) is 9.59 Å². The molecule has 0 radical (unpaired) electrons. The molecule has 7 heteroatoms. The van der Waals surface area contributed by atoms with Gasteiger partial charge >= 0.3 is 5.97 Å². The van der Waals surface area contributed by atoms with Crippen LogP contribution in [0.3, 0.4) is 0 Å². The van der Waals surface area contributed by atoms with Crippen LogP contribution in [-0.2, 0) is 9.53 Å². The third-order valence-electron chi connectivity index (χ3n) is 4.94. The number of methoxy groups -OCH3 is 1. The van der Waals surface area contributed by atoms with E-state index in [1.807, 2.05) is 12.1 Å². The maximum atomic E-state index is 12.7. The number of halogens is 2. The summed E-state index contributed by atoms with van der Waals surface area (Å²) in [6.07, 6.45) is 6.02. The first-order valence-electron chi connectivity index (χ1n) is 8.86. The highest BCUT2D eigenvalue weighted by Gasteiger charge is 2.35. The fourth-order valence-corrected chi connectivity index (χ4v) is 3.91. The third-order valence-corrected chi connectivity index (χ3v) is 5.44. The van der Waals surface area contributed by atoms with Crippen molar-refractivity contribution in [1.29, 1.82) is 0 Å². The molecule has 2 aliphatic rings. The summed E-state index contributed by atoms with van der Waals surface area (Å²) in [5, 5.41) is 4.16. The van der Waals surface area contributed by atoms with Crippen molar-refractivity contribution in [2.45, 2.75) is 31.3 Å². The zero-order valence-corrected chi connectivity index (χ0v) is 16.5. The Balaban J connectivity index is 1.70. The first-order chi connectivity index (χ1) is 12.9. The van der Waals surface area contributed by atoms with Crippen LogP contribution in [0, 0.1) is 11.8 Å². The Morgan fingerprint density at radius 1 is 1.22 bits per heavy atom. The van der Waals surface area contributed by atoms with Gasteiger partial charge in [-0.1, -0.05) is 41.4 Å². The lowest BCUT2D eigenvalue weighted by Crippen LogP contribution is -2.47. The number of nitrogens with two attached hydrogens (primary N) is 1. The topological polar surface area (TPSA) is 81.4 Å². The van der Waals surface area contributed by atoms with E-state index < -0.39 is 6.04 Å². The Kier molecular flexibility index (Phi) is 6.25. The second kappa shape index (κ2) is 8.46. The van der Waals surface area contributed by atoms with Crippen LogP contribution < -0.4 is 11.1 Å². The number of carbonyl (C=O) groups excluding carboxylic acids is 2. The fraction of sp³-hybridized carbons (Fsp3) is 0.400. The number of nitrogens with one attached hydrogen (secondary N) is 1. The summed E-state index contributed by atoms with van der Waals surface area (Å²) in [7, 11) is 1.35. The average Bonchev–Trinajstić information content (AvgIpc) is 3.49. The van der Waals surface area contributed by atoms with Crippen molar-refractivity contribution in [1.82, 2.24) is 5.32 Å². The van der Waals surface area contributed by atoms with Crippen LogP contribution in [0.4, 0.5) is 0 Å². The van der Waals surface area contributed by atoms with Crippen molar-refractivity contribution < 1.29 is 14.3 Å². The summed E-state index contributed by atoms with van der Waals surface area (Å²) in [6, 6.07) is 6.23. The highest BCUT2D eigenvalue weighted by Crippen LogP contribution is 2.41. The van der Waals surface area contributed by atoms with Gasteiger partial charge in [0, 0.05) is 16.0 Å². The Morgan fingerprint density at radius 2 is 1.89 bits per heavy atom. The monoisotopic (exact) mass is 408 g/mol. The van der Waals surface area contributed by atoms with Crippen LogP contribution in [0.1, 0.15) is 41.2 Å². The van der Waals surface area contributed by atoms with Crippen LogP contribution in [-0.4, -0.2) is 25.0 Å². The molecule has 1 aromatic rings. The molecule has 3 N–H and O–H groups in total. The number of esters is 1. The van der Waals surface area contributed by atoms with Gasteiger partial charge < -0.3 is 15.8 Å². The summed E-state index contributed by atoms with van der Waals surface area (Å²) in [4.78, 5) is 24.3. The SMILES string of the molecule is COC(=O)c1ccc(C(NC(=O)C(N)C2C=C(Cl)C=C(Cl)C2)C2CC2)cc1. The zero-order chi connectivity index (χ0) is 19.6. The van der Waals surface area contributed by atoms with E-state index in [0.29, 0.717) is 28.0 Å². The Labute approximate surface area is 168 Å². The van der Waals surface area contributed by atoms with Gasteiger partial charge in [-0.15, -0.1) is 0 Å². The number of hydrogen-bond donors (Lipinski definition) is 2. The van der Waals surface area contributed by atoms with Gasteiger partial charge in [-0.3, -0.25) is 4.79 Å². The molecule has 2 aliphatic carbocycles. The van der Waals surface area contributed by atoms with Crippen molar-refractivity contribution in [3.63, 3.8) is 0 Å². The lowest BCUT2D eigenvalue weighted by Gasteiger charge is -2.26. The second-order valence-electron chi connectivity index (χ2n) is 6.97. The molecular formula is C20H22Cl2N2O3.